The summed E-state index contributed by atoms with van der Waals surface area (Å²) in [6.45, 7) is 18.4. The predicted molar refractivity (Wildman–Crippen MR) is 164 cm³/mol. The molecule has 0 fully saturated rings. The number of hydrogen-bond donors (Lipinski definition) is 0. The molecule has 1 atom stereocenters. The average molecular weight is 559 g/mol. The van der Waals surface area contributed by atoms with Crippen LogP contribution in [0.2, 0.25) is 0 Å². The number of carbonyl (C=O) groups is 2. The molecular formula is C33H51O5P. The van der Waals surface area contributed by atoms with E-state index in [1.54, 1.807) is 6.92 Å². The topological polar surface area (TPSA) is 61.8 Å². The van der Waals surface area contributed by atoms with Gasteiger partial charge in [0.25, 0.3) is 0 Å². The van der Waals surface area contributed by atoms with Crippen LogP contribution in [0.3, 0.4) is 0 Å². The van der Waals surface area contributed by atoms with Crippen LogP contribution in [0.15, 0.2) is 54.6 Å². The first-order valence-corrected chi connectivity index (χ1v) is 17.6. The van der Waals surface area contributed by atoms with Gasteiger partial charge < -0.3 is 0 Å². The molecule has 5 nitrogen and oxygen atoms in total. The molecule has 0 spiro atoms. The third-order valence-corrected chi connectivity index (χ3v) is 10.4. The van der Waals surface area contributed by atoms with E-state index in [9.17, 15) is 9.59 Å². The van der Waals surface area contributed by atoms with Crippen LogP contribution in [0.4, 0.5) is 0 Å². The van der Waals surface area contributed by atoms with Crippen LogP contribution in [0.25, 0.3) is 0 Å². The van der Waals surface area contributed by atoms with Crippen molar-refractivity contribution >= 4 is 19.2 Å². The van der Waals surface area contributed by atoms with Crippen LogP contribution in [-0.2, 0) is 42.7 Å². The molecule has 0 N–H and O–H groups in total. The molecule has 0 radical (unpaired) electrons. The summed E-state index contributed by atoms with van der Waals surface area (Å²) < 4.78 is 17.5. The van der Waals surface area contributed by atoms with Gasteiger partial charge in [-0.25, -0.2) is 0 Å². The molecule has 6 heteroatoms. The van der Waals surface area contributed by atoms with E-state index >= 15 is 0 Å². The summed E-state index contributed by atoms with van der Waals surface area (Å²) in [4.78, 5) is 25.9. The van der Waals surface area contributed by atoms with Crippen molar-refractivity contribution in [2.24, 2.45) is 10.8 Å². The molecule has 0 saturated heterocycles. The Labute approximate surface area is 237 Å². The summed E-state index contributed by atoms with van der Waals surface area (Å²) in [7, 11) is -1.47. The van der Waals surface area contributed by atoms with Gasteiger partial charge in [-0.05, 0) is 40.5 Å². The monoisotopic (exact) mass is 558 g/mol. The van der Waals surface area contributed by atoms with Crippen molar-refractivity contribution in [3.8, 4) is 0 Å². The van der Waals surface area contributed by atoms with Crippen molar-refractivity contribution in [2.75, 3.05) is 26.5 Å². The van der Waals surface area contributed by atoms with E-state index in [1.165, 1.54) is 11.1 Å². The quantitative estimate of drug-likeness (QED) is 0.166. The third kappa shape index (κ3) is 10.7. The molecule has 39 heavy (non-hydrogen) atoms. The second-order valence-electron chi connectivity index (χ2n) is 13.2. The molecule has 2 rings (SSSR count). The molecule has 2 aromatic rings. The van der Waals surface area contributed by atoms with Crippen LogP contribution in [0.1, 0.15) is 78.0 Å². The average Bonchev–Trinajstić information content (AvgIpc) is 2.90. The molecule has 0 saturated carbocycles. The molecule has 2 aromatic carbocycles. The fourth-order valence-electron chi connectivity index (χ4n) is 4.02. The molecule has 0 amide bonds. The summed E-state index contributed by atoms with van der Waals surface area (Å²) >= 11 is 0. The maximum absolute atomic E-state index is 13.3. The van der Waals surface area contributed by atoms with Gasteiger partial charge in [0.1, 0.15) is 0 Å². The molecular weight excluding hydrogens is 507 g/mol. The van der Waals surface area contributed by atoms with Crippen molar-refractivity contribution in [2.45, 2.75) is 85.8 Å². The van der Waals surface area contributed by atoms with Gasteiger partial charge >= 0.3 is 173 Å². The van der Waals surface area contributed by atoms with Gasteiger partial charge in [-0.3, -0.25) is 4.79 Å². The second kappa shape index (κ2) is 13.9. The molecule has 218 valence electrons. The summed E-state index contributed by atoms with van der Waals surface area (Å²) in [5.41, 5.74) is 1.50. The number of esters is 2. The van der Waals surface area contributed by atoms with Crippen molar-refractivity contribution in [1.29, 1.82) is 0 Å². The van der Waals surface area contributed by atoms with Gasteiger partial charge in [-0.15, -0.1) is 0 Å². The molecule has 0 aliphatic heterocycles. The minimum absolute atomic E-state index is 0.0893. The van der Waals surface area contributed by atoms with Gasteiger partial charge in [0.05, 0.1) is 5.41 Å². The summed E-state index contributed by atoms with van der Waals surface area (Å²) in [5.74, 6) is -0.759. The van der Waals surface area contributed by atoms with E-state index in [1.807, 2.05) is 53.7 Å². The first kappa shape index (κ1) is 33.0. The Balaban J connectivity index is 2.03. The van der Waals surface area contributed by atoms with Crippen molar-refractivity contribution in [3.63, 3.8) is 0 Å². The van der Waals surface area contributed by atoms with E-state index in [4.69, 9.17) is 14.2 Å². The molecule has 0 aliphatic rings. The standard InChI is InChI=1S/C33H51O5P/c1-10-31(3,4)29(34)37-24-33(7,25-38-32(5,6)11-2)30(35)36-21-26-17-19-28(20-18-26)23-39(8,9)22-27-15-13-12-14-16-27/h12-20,39H,10-11,21-25H2,1-9H3. The Kier molecular flexibility index (Phi) is 11.8. The first-order valence-electron chi connectivity index (χ1n) is 14.2. The van der Waals surface area contributed by atoms with E-state index in [2.05, 4.69) is 55.8 Å². The van der Waals surface area contributed by atoms with E-state index in [0.29, 0.717) is 6.42 Å². The summed E-state index contributed by atoms with van der Waals surface area (Å²) in [5, 5.41) is 0. The Morgan fingerprint density at radius 1 is 0.692 bits per heavy atom. The SMILES string of the molecule is CCC(C)(C)OCC(C)(COC(=O)C(C)(C)CC)C(=O)OCc1ccc(C[PH](C)(C)Cc2ccccc2)cc1. The van der Waals surface area contributed by atoms with Crippen LogP contribution in [0.5, 0.6) is 0 Å². The van der Waals surface area contributed by atoms with E-state index in [0.717, 1.165) is 24.3 Å². The minimum atomic E-state index is -1.47. The van der Waals surface area contributed by atoms with Crippen molar-refractivity contribution in [3.05, 3.63) is 71.3 Å². The Bertz CT molecular complexity index is 1060. The van der Waals surface area contributed by atoms with Crippen LogP contribution in [-0.4, -0.2) is 44.1 Å². The zero-order valence-electron chi connectivity index (χ0n) is 25.7. The number of hydrogen-bond acceptors (Lipinski definition) is 5. The van der Waals surface area contributed by atoms with Crippen LogP contribution in [0, 0.1) is 10.8 Å². The Morgan fingerprint density at radius 2 is 1.23 bits per heavy atom. The Hall–Kier alpha value is -2.23. The van der Waals surface area contributed by atoms with Gasteiger partial charge in [0.15, 0.2) is 0 Å². The predicted octanol–water partition coefficient (Wildman–Crippen LogP) is 7.63. The fraction of sp³-hybridized carbons (Fsp3) is 0.576. The number of benzene rings is 2. The molecule has 0 bridgehead atoms. The van der Waals surface area contributed by atoms with Crippen LogP contribution < -0.4 is 0 Å². The fourth-order valence-corrected chi connectivity index (χ4v) is 6.83. The number of ether oxygens (including phenoxy) is 3. The maximum atomic E-state index is 13.3. The zero-order valence-corrected chi connectivity index (χ0v) is 26.7. The van der Waals surface area contributed by atoms with Crippen molar-refractivity contribution in [1.82, 2.24) is 0 Å². The van der Waals surface area contributed by atoms with Gasteiger partial charge in [0, 0.05) is 0 Å². The van der Waals surface area contributed by atoms with E-state index in [-0.39, 0.29) is 25.8 Å². The molecule has 0 aromatic heterocycles. The van der Waals surface area contributed by atoms with E-state index < -0.39 is 29.7 Å². The first-order chi connectivity index (χ1) is 18.1. The molecule has 0 heterocycles. The summed E-state index contributed by atoms with van der Waals surface area (Å²) in [6.07, 6.45) is 3.67. The van der Waals surface area contributed by atoms with Crippen LogP contribution >= 0.6 is 7.26 Å². The number of rotatable bonds is 15. The molecule has 1 unspecified atom stereocenters. The second-order valence-corrected chi connectivity index (χ2v) is 18.2. The third-order valence-electron chi connectivity index (χ3n) is 7.69. The molecule has 0 aliphatic carbocycles. The van der Waals surface area contributed by atoms with Gasteiger partial charge in [0.2, 0.25) is 0 Å². The Morgan fingerprint density at radius 3 is 1.77 bits per heavy atom. The number of carbonyl (C=O) groups excluding carboxylic acids is 2. The van der Waals surface area contributed by atoms with Gasteiger partial charge in [-0.1, -0.05) is 13.8 Å². The van der Waals surface area contributed by atoms with Crippen molar-refractivity contribution < 1.29 is 23.8 Å². The normalized spacial score (nSPS) is 14.4. The van der Waals surface area contributed by atoms with Gasteiger partial charge in [-0.2, -0.15) is 0 Å². The zero-order chi connectivity index (χ0) is 29.3. The summed E-state index contributed by atoms with van der Waals surface area (Å²) in [6, 6.07) is 19.0.